The summed E-state index contributed by atoms with van der Waals surface area (Å²) in [7, 11) is -3.96. The minimum absolute atomic E-state index is 0.000962. The highest BCUT2D eigenvalue weighted by Gasteiger charge is 2.32. The third-order valence-corrected chi connectivity index (χ3v) is 8.19. The standard InChI is InChI=1S/C28H35F4N3O4S/c1-20(27(37)33-24-9-4-3-5-10-24)34(19-21-13-15-23(29)16-14-21)26(36)12-7-17-35(40(2,38)39)25-11-6-8-22(18-25)28(30,31)32/h6,8,11,13-16,18,20,24H,3-5,7,9-10,12,17,19H2,1-2H3,(H,33,37). The lowest BCUT2D eigenvalue weighted by Gasteiger charge is -2.31. The van der Waals surface area contributed by atoms with Crippen LogP contribution in [0.15, 0.2) is 48.5 Å². The van der Waals surface area contributed by atoms with Crippen molar-refractivity contribution >= 4 is 27.5 Å². The summed E-state index contributed by atoms with van der Waals surface area (Å²) in [5.74, 6) is -1.20. The van der Waals surface area contributed by atoms with E-state index in [-0.39, 0.29) is 43.6 Å². The van der Waals surface area contributed by atoms with E-state index in [4.69, 9.17) is 0 Å². The summed E-state index contributed by atoms with van der Waals surface area (Å²) in [6, 6.07) is 8.70. The highest BCUT2D eigenvalue weighted by molar-refractivity contribution is 7.92. The van der Waals surface area contributed by atoms with Crippen LogP contribution >= 0.6 is 0 Å². The number of carbonyl (C=O) groups is 2. The van der Waals surface area contributed by atoms with E-state index in [2.05, 4.69) is 5.32 Å². The van der Waals surface area contributed by atoms with E-state index in [0.29, 0.717) is 5.56 Å². The molecule has 2 aromatic carbocycles. The molecular weight excluding hydrogens is 550 g/mol. The Morgan fingerprint density at radius 3 is 2.30 bits per heavy atom. The minimum Gasteiger partial charge on any atom is -0.352 e. The van der Waals surface area contributed by atoms with Crippen LogP contribution in [0, 0.1) is 5.82 Å². The van der Waals surface area contributed by atoms with Crippen LogP contribution in [0.4, 0.5) is 23.2 Å². The highest BCUT2D eigenvalue weighted by atomic mass is 32.2. The van der Waals surface area contributed by atoms with E-state index in [1.165, 1.54) is 35.2 Å². The number of rotatable bonds is 11. The molecule has 0 bridgehead atoms. The van der Waals surface area contributed by atoms with Crippen LogP contribution in [0.3, 0.4) is 0 Å². The fourth-order valence-electron chi connectivity index (χ4n) is 4.78. The second kappa shape index (κ2) is 13.5. The predicted octanol–water partition coefficient (Wildman–Crippen LogP) is 5.26. The number of hydrogen-bond donors (Lipinski definition) is 1. The average Bonchev–Trinajstić information content (AvgIpc) is 2.89. The third-order valence-electron chi connectivity index (χ3n) is 7.00. The van der Waals surface area contributed by atoms with E-state index >= 15 is 0 Å². The number of amides is 2. The Labute approximate surface area is 232 Å². The summed E-state index contributed by atoms with van der Waals surface area (Å²) in [4.78, 5) is 27.8. The number of alkyl halides is 3. The van der Waals surface area contributed by atoms with Gasteiger partial charge in [0.25, 0.3) is 0 Å². The van der Waals surface area contributed by atoms with Gasteiger partial charge in [-0.05, 0) is 62.1 Å². The van der Waals surface area contributed by atoms with Gasteiger partial charge in [0.05, 0.1) is 17.5 Å². The van der Waals surface area contributed by atoms with Gasteiger partial charge in [-0.3, -0.25) is 13.9 Å². The SMILES string of the molecule is CC(C(=O)NC1CCCCC1)N(Cc1ccc(F)cc1)C(=O)CCCN(c1cccc(C(F)(F)F)c1)S(C)(=O)=O. The van der Waals surface area contributed by atoms with Gasteiger partial charge in [-0.25, -0.2) is 12.8 Å². The Morgan fingerprint density at radius 2 is 1.70 bits per heavy atom. The molecule has 1 atom stereocenters. The molecule has 0 aromatic heterocycles. The molecule has 0 saturated heterocycles. The van der Waals surface area contributed by atoms with Crippen LogP contribution in [-0.2, 0) is 32.3 Å². The van der Waals surface area contributed by atoms with Crippen LogP contribution < -0.4 is 9.62 Å². The zero-order valence-corrected chi connectivity index (χ0v) is 23.4. The summed E-state index contributed by atoms with van der Waals surface area (Å²) < 4.78 is 78.7. The smallest absolute Gasteiger partial charge is 0.352 e. The van der Waals surface area contributed by atoms with Gasteiger partial charge in [0.15, 0.2) is 0 Å². The minimum atomic E-state index is -4.65. The lowest BCUT2D eigenvalue weighted by atomic mass is 9.95. The van der Waals surface area contributed by atoms with Crippen molar-refractivity contribution in [3.63, 3.8) is 0 Å². The van der Waals surface area contributed by atoms with Gasteiger partial charge in [0, 0.05) is 25.6 Å². The first-order valence-corrected chi connectivity index (χ1v) is 15.1. The van der Waals surface area contributed by atoms with E-state index in [1.54, 1.807) is 6.92 Å². The maximum absolute atomic E-state index is 13.4. The van der Waals surface area contributed by atoms with Crippen molar-refractivity contribution < 1.29 is 35.6 Å². The molecule has 3 rings (SSSR count). The van der Waals surface area contributed by atoms with Crippen molar-refractivity contribution in [2.75, 3.05) is 17.1 Å². The summed E-state index contributed by atoms with van der Waals surface area (Å²) >= 11 is 0. The topological polar surface area (TPSA) is 86.8 Å². The zero-order chi connectivity index (χ0) is 29.5. The quantitative estimate of drug-likeness (QED) is 0.365. The predicted molar refractivity (Wildman–Crippen MR) is 144 cm³/mol. The van der Waals surface area contributed by atoms with Crippen molar-refractivity contribution in [3.05, 3.63) is 65.5 Å². The molecule has 0 heterocycles. The fraction of sp³-hybridized carbons (Fsp3) is 0.500. The molecule has 1 saturated carbocycles. The third kappa shape index (κ3) is 8.94. The molecule has 1 aliphatic rings. The Hall–Kier alpha value is -3.15. The first-order chi connectivity index (χ1) is 18.8. The summed E-state index contributed by atoms with van der Waals surface area (Å²) in [6.45, 7) is 1.39. The van der Waals surface area contributed by atoms with Gasteiger partial charge < -0.3 is 10.2 Å². The molecular formula is C28H35F4N3O4S. The lowest BCUT2D eigenvalue weighted by molar-refractivity contribution is -0.141. The summed E-state index contributed by atoms with van der Waals surface area (Å²) in [5, 5.41) is 3.01. The van der Waals surface area contributed by atoms with E-state index in [0.717, 1.165) is 60.9 Å². The van der Waals surface area contributed by atoms with Crippen LogP contribution in [0.25, 0.3) is 0 Å². The molecule has 1 unspecified atom stereocenters. The van der Waals surface area contributed by atoms with Crippen molar-refractivity contribution in [1.29, 1.82) is 0 Å². The molecule has 1 N–H and O–H groups in total. The molecule has 7 nitrogen and oxygen atoms in total. The molecule has 0 radical (unpaired) electrons. The molecule has 0 spiro atoms. The Balaban J connectivity index is 1.74. The Kier molecular flexibility index (Phi) is 10.6. The van der Waals surface area contributed by atoms with Crippen LogP contribution in [0.1, 0.15) is 63.0 Å². The van der Waals surface area contributed by atoms with Crippen LogP contribution in [0.5, 0.6) is 0 Å². The van der Waals surface area contributed by atoms with Gasteiger partial charge >= 0.3 is 6.18 Å². The van der Waals surface area contributed by atoms with Gasteiger partial charge in [0.1, 0.15) is 11.9 Å². The number of nitrogens with one attached hydrogen (secondary N) is 1. The van der Waals surface area contributed by atoms with E-state index in [9.17, 15) is 35.6 Å². The zero-order valence-electron chi connectivity index (χ0n) is 22.6. The summed E-state index contributed by atoms with van der Waals surface area (Å²) in [6.07, 6.45) is 0.940. The summed E-state index contributed by atoms with van der Waals surface area (Å²) in [5.41, 5.74) is -0.542. The lowest BCUT2D eigenvalue weighted by Crippen LogP contribution is -2.50. The number of nitrogens with zero attached hydrogens (tertiary/aromatic N) is 2. The fourth-order valence-corrected chi connectivity index (χ4v) is 5.74. The van der Waals surface area contributed by atoms with Crippen LogP contribution in [0.2, 0.25) is 0 Å². The van der Waals surface area contributed by atoms with Crippen molar-refractivity contribution in [2.24, 2.45) is 0 Å². The molecule has 0 aliphatic heterocycles. The number of anilines is 1. The molecule has 40 heavy (non-hydrogen) atoms. The monoisotopic (exact) mass is 585 g/mol. The van der Waals surface area contributed by atoms with Crippen molar-refractivity contribution in [1.82, 2.24) is 10.2 Å². The first kappa shape index (κ1) is 31.4. The Bertz CT molecular complexity index is 1260. The molecule has 2 amide bonds. The number of carbonyl (C=O) groups excluding carboxylic acids is 2. The normalized spacial score (nSPS) is 15.3. The average molecular weight is 586 g/mol. The second-order valence-electron chi connectivity index (χ2n) is 10.2. The maximum atomic E-state index is 13.4. The number of halogens is 4. The van der Waals surface area contributed by atoms with Crippen molar-refractivity contribution in [2.45, 2.75) is 76.7 Å². The molecule has 1 aliphatic carbocycles. The first-order valence-electron chi connectivity index (χ1n) is 13.2. The van der Waals surface area contributed by atoms with Gasteiger partial charge in [-0.15, -0.1) is 0 Å². The largest absolute Gasteiger partial charge is 0.416 e. The second-order valence-corrected chi connectivity index (χ2v) is 12.1. The number of benzene rings is 2. The van der Waals surface area contributed by atoms with Gasteiger partial charge in [-0.2, -0.15) is 13.2 Å². The highest BCUT2D eigenvalue weighted by Crippen LogP contribution is 2.32. The van der Waals surface area contributed by atoms with E-state index < -0.39 is 39.5 Å². The molecule has 1 fully saturated rings. The number of sulfonamides is 1. The van der Waals surface area contributed by atoms with Gasteiger partial charge in [-0.1, -0.05) is 37.5 Å². The van der Waals surface area contributed by atoms with E-state index in [1.807, 2.05) is 0 Å². The molecule has 220 valence electrons. The molecule has 12 heteroatoms. The molecule has 2 aromatic rings. The van der Waals surface area contributed by atoms with Crippen molar-refractivity contribution in [3.8, 4) is 0 Å². The van der Waals surface area contributed by atoms with Gasteiger partial charge in [0.2, 0.25) is 21.8 Å². The Morgan fingerprint density at radius 1 is 1.05 bits per heavy atom. The maximum Gasteiger partial charge on any atom is 0.416 e. The number of hydrogen-bond acceptors (Lipinski definition) is 4. The van der Waals surface area contributed by atoms with Crippen LogP contribution in [-0.4, -0.2) is 50.0 Å².